The van der Waals surface area contributed by atoms with Crippen LogP contribution in [0.4, 0.5) is 9.52 Å². The first-order valence-corrected chi connectivity index (χ1v) is 9.03. The number of carbonyl (C=O) groups excluding carboxylic acids is 1. The summed E-state index contributed by atoms with van der Waals surface area (Å²) in [4.78, 5) is 16.7. The number of alkyl halides is 3. The number of hydrogen-bond donors (Lipinski definition) is 2. The molecule has 1 heterocycles. The minimum Gasteiger partial charge on any atom is -0.338 e. The number of carbonyl (C=O) groups is 1. The molecule has 0 aliphatic rings. The van der Waals surface area contributed by atoms with Gasteiger partial charge in [-0.05, 0) is 36.4 Å². The van der Waals surface area contributed by atoms with E-state index in [1.807, 2.05) is 24.3 Å². The second kappa shape index (κ2) is 7.33. The van der Waals surface area contributed by atoms with Crippen molar-refractivity contribution >= 4 is 67.4 Å². The Morgan fingerprint density at radius 2 is 1.80 bits per heavy atom. The van der Waals surface area contributed by atoms with Gasteiger partial charge in [0, 0.05) is 5.56 Å². The third-order valence-electron chi connectivity index (χ3n) is 3.27. The molecule has 0 saturated carbocycles. The molecule has 3 rings (SSSR count). The van der Waals surface area contributed by atoms with Crippen molar-refractivity contribution in [3.05, 3.63) is 59.9 Å². The van der Waals surface area contributed by atoms with E-state index in [0.29, 0.717) is 5.13 Å². The Bertz CT molecular complexity index is 863. The Hall–Kier alpha value is -1.60. The molecule has 4 nitrogen and oxygen atoms in total. The zero-order valence-corrected chi connectivity index (χ0v) is 15.6. The van der Waals surface area contributed by atoms with Crippen molar-refractivity contribution in [2.75, 3.05) is 5.32 Å². The van der Waals surface area contributed by atoms with Crippen LogP contribution in [0.1, 0.15) is 10.4 Å². The second-order valence-corrected chi connectivity index (χ2v) is 8.49. The number of hydrogen-bond acceptors (Lipinski definition) is 4. The first kappa shape index (κ1) is 18.2. The summed E-state index contributed by atoms with van der Waals surface area (Å²) >= 11 is 19.3. The highest BCUT2D eigenvalue weighted by molar-refractivity contribution is 7.22. The zero-order chi connectivity index (χ0) is 18.0. The van der Waals surface area contributed by atoms with Crippen LogP contribution in [0.5, 0.6) is 0 Å². The fourth-order valence-electron chi connectivity index (χ4n) is 2.07. The molecule has 1 atom stereocenters. The number of rotatable bonds is 4. The number of para-hydroxylation sites is 1. The van der Waals surface area contributed by atoms with E-state index in [-0.39, 0.29) is 5.56 Å². The summed E-state index contributed by atoms with van der Waals surface area (Å²) in [5.41, 5.74) is 1.04. The smallest absolute Gasteiger partial charge is 0.252 e. The van der Waals surface area contributed by atoms with Crippen molar-refractivity contribution in [2.24, 2.45) is 0 Å². The summed E-state index contributed by atoms with van der Waals surface area (Å²) in [6, 6.07) is 12.6. The van der Waals surface area contributed by atoms with E-state index in [1.54, 1.807) is 0 Å². The molecule has 0 radical (unpaired) electrons. The van der Waals surface area contributed by atoms with E-state index < -0.39 is 21.7 Å². The Balaban J connectivity index is 1.80. The number of nitrogens with one attached hydrogen (secondary N) is 2. The molecule has 1 amide bonds. The maximum Gasteiger partial charge on any atom is 0.252 e. The maximum atomic E-state index is 13.0. The third kappa shape index (κ3) is 4.52. The Morgan fingerprint density at radius 1 is 1.12 bits per heavy atom. The van der Waals surface area contributed by atoms with Crippen LogP contribution in [0.2, 0.25) is 0 Å². The number of aromatic nitrogens is 1. The van der Waals surface area contributed by atoms with E-state index in [1.165, 1.54) is 35.6 Å². The predicted molar refractivity (Wildman–Crippen MR) is 101 cm³/mol. The molecule has 9 heteroatoms. The number of amides is 1. The normalized spacial score (nSPS) is 12.8. The van der Waals surface area contributed by atoms with Crippen molar-refractivity contribution in [2.45, 2.75) is 9.96 Å². The minimum atomic E-state index is -1.83. The summed E-state index contributed by atoms with van der Waals surface area (Å²) in [5.74, 6) is -0.952. The van der Waals surface area contributed by atoms with Crippen LogP contribution in [-0.2, 0) is 0 Å². The molecule has 2 N–H and O–H groups in total. The fraction of sp³-hybridized carbons (Fsp3) is 0.125. The monoisotopic (exact) mass is 417 g/mol. The van der Waals surface area contributed by atoms with Crippen LogP contribution in [-0.4, -0.2) is 20.8 Å². The van der Waals surface area contributed by atoms with E-state index in [9.17, 15) is 9.18 Å². The number of fused-ring (bicyclic) bond motifs is 1. The molecule has 3 aromatic rings. The highest BCUT2D eigenvalue weighted by Gasteiger charge is 2.35. The molecule has 0 spiro atoms. The number of halogens is 4. The standard InChI is InChI=1S/C16H11Cl3FN3OS/c17-16(18,19)14(22-13(24)9-5-7-10(20)8-6-9)23-15-21-11-3-1-2-4-12(11)25-15/h1-8,14H,(H,21,23)(H,22,24)/t14-/m0/s1. The molecule has 130 valence electrons. The molecule has 0 bridgehead atoms. The lowest BCUT2D eigenvalue weighted by Crippen LogP contribution is -2.49. The van der Waals surface area contributed by atoms with Crippen LogP contribution in [0, 0.1) is 5.82 Å². The quantitative estimate of drug-likeness (QED) is 0.464. The van der Waals surface area contributed by atoms with E-state index in [0.717, 1.165) is 10.2 Å². The largest absolute Gasteiger partial charge is 0.338 e. The van der Waals surface area contributed by atoms with Gasteiger partial charge in [-0.1, -0.05) is 58.3 Å². The van der Waals surface area contributed by atoms with Gasteiger partial charge >= 0.3 is 0 Å². The van der Waals surface area contributed by atoms with Crippen LogP contribution in [0.25, 0.3) is 10.2 Å². The highest BCUT2D eigenvalue weighted by Crippen LogP contribution is 2.33. The van der Waals surface area contributed by atoms with Gasteiger partial charge in [0.05, 0.1) is 10.2 Å². The molecule has 0 unspecified atom stereocenters. The molecule has 0 fully saturated rings. The van der Waals surface area contributed by atoms with Crippen LogP contribution < -0.4 is 10.6 Å². The van der Waals surface area contributed by atoms with Gasteiger partial charge < -0.3 is 10.6 Å². The Morgan fingerprint density at radius 3 is 2.44 bits per heavy atom. The molecule has 1 aromatic heterocycles. The van der Waals surface area contributed by atoms with Crippen molar-refractivity contribution in [3.8, 4) is 0 Å². The Labute approximate surface area is 161 Å². The lowest BCUT2D eigenvalue weighted by atomic mass is 10.2. The topological polar surface area (TPSA) is 54.0 Å². The van der Waals surface area contributed by atoms with Crippen LogP contribution in [0.15, 0.2) is 48.5 Å². The molecule has 0 aliphatic heterocycles. The molecular weight excluding hydrogens is 408 g/mol. The summed E-state index contributed by atoms with van der Waals surface area (Å²) in [6.07, 6.45) is -1.03. The zero-order valence-electron chi connectivity index (χ0n) is 12.5. The summed E-state index contributed by atoms with van der Waals surface area (Å²) in [7, 11) is 0. The second-order valence-electron chi connectivity index (χ2n) is 5.09. The molecule has 2 aromatic carbocycles. The number of benzene rings is 2. The first-order chi connectivity index (χ1) is 11.8. The summed E-state index contributed by atoms with van der Waals surface area (Å²) < 4.78 is 12.1. The summed E-state index contributed by atoms with van der Waals surface area (Å²) in [6.45, 7) is 0. The highest BCUT2D eigenvalue weighted by atomic mass is 35.6. The number of thiazole rings is 1. The van der Waals surface area contributed by atoms with Crippen LogP contribution >= 0.6 is 46.1 Å². The van der Waals surface area contributed by atoms with Crippen LogP contribution in [0.3, 0.4) is 0 Å². The molecule has 25 heavy (non-hydrogen) atoms. The van der Waals surface area contributed by atoms with Crippen molar-refractivity contribution < 1.29 is 9.18 Å². The average molecular weight is 419 g/mol. The lowest BCUT2D eigenvalue weighted by molar-refractivity contribution is 0.0942. The van der Waals surface area contributed by atoms with E-state index >= 15 is 0 Å². The van der Waals surface area contributed by atoms with Gasteiger partial charge in [-0.3, -0.25) is 4.79 Å². The molecule has 0 aliphatic carbocycles. The van der Waals surface area contributed by atoms with Gasteiger partial charge in [-0.15, -0.1) is 0 Å². The van der Waals surface area contributed by atoms with Gasteiger partial charge in [0.25, 0.3) is 5.91 Å². The molecular formula is C16H11Cl3FN3OS. The van der Waals surface area contributed by atoms with Gasteiger partial charge in [-0.25, -0.2) is 9.37 Å². The van der Waals surface area contributed by atoms with E-state index in [2.05, 4.69) is 15.6 Å². The Kier molecular flexibility index (Phi) is 5.34. The predicted octanol–water partition coefficient (Wildman–Crippen LogP) is 4.97. The SMILES string of the molecule is O=C(N[C@@H](Nc1nc2ccccc2s1)C(Cl)(Cl)Cl)c1ccc(F)cc1. The average Bonchev–Trinajstić information content (AvgIpc) is 2.96. The maximum absolute atomic E-state index is 13.0. The van der Waals surface area contributed by atoms with Crippen molar-refractivity contribution in [1.82, 2.24) is 10.3 Å². The van der Waals surface area contributed by atoms with Gasteiger partial charge in [0.15, 0.2) is 5.13 Å². The molecule has 0 saturated heterocycles. The first-order valence-electron chi connectivity index (χ1n) is 7.08. The minimum absolute atomic E-state index is 0.242. The third-order valence-corrected chi connectivity index (χ3v) is 4.89. The van der Waals surface area contributed by atoms with Crippen molar-refractivity contribution in [3.63, 3.8) is 0 Å². The van der Waals surface area contributed by atoms with Gasteiger partial charge in [0.1, 0.15) is 12.0 Å². The number of anilines is 1. The number of nitrogens with zero attached hydrogens (tertiary/aromatic N) is 1. The summed E-state index contributed by atoms with van der Waals surface area (Å²) in [5, 5.41) is 6.01. The van der Waals surface area contributed by atoms with Gasteiger partial charge in [0.2, 0.25) is 3.79 Å². The fourth-order valence-corrected chi connectivity index (χ4v) is 3.29. The van der Waals surface area contributed by atoms with Gasteiger partial charge in [-0.2, -0.15) is 0 Å². The van der Waals surface area contributed by atoms with E-state index in [4.69, 9.17) is 34.8 Å². The lowest BCUT2D eigenvalue weighted by Gasteiger charge is -2.26. The van der Waals surface area contributed by atoms with Crippen molar-refractivity contribution in [1.29, 1.82) is 0 Å².